The van der Waals surface area contributed by atoms with Crippen molar-refractivity contribution in [2.75, 3.05) is 0 Å². The second kappa shape index (κ2) is 7.10. The lowest BCUT2D eigenvalue weighted by atomic mass is 10.1. The van der Waals surface area contributed by atoms with E-state index >= 15 is 0 Å². The molecule has 6 nitrogen and oxygen atoms in total. The van der Waals surface area contributed by atoms with E-state index in [1.54, 1.807) is 18.2 Å². The van der Waals surface area contributed by atoms with Crippen LogP contribution in [0.15, 0.2) is 42.0 Å². The van der Waals surface area contributed by atoms with Gasteiger partial charge in [-0.1, -0.05) is 24.8 Å². The van der Waals surface area contributed by atoms with Gasteiger partial charge in [-0.25, -0.2) is 9.59 Å². The molecule has 0 aromatic heterocycles. The van der Waals surface area contributed by atoms with E-state index in [1.807, 2.05) is 0 Å². The zero-order valence-corrected chi connectivity index (χ0v) is 11.1. The van der Waals surface area contributed by atoms with E-state index in [0.717, 1.165) is 0 Å². The third kappa shape index (κ3) is 4.58. The lowest BCUT2D eigenvalue weighted by molar-refractivity contribution is -0.456. The van der Waals surface area contributed by atoms with E-state index < -0.39 is 11.9 Å². The first kappa shape index (κ1) is 15.5. The molecule has 1 aromatic carbocycles. The van der Waals surface area contributed by atoms with Gasteiger partial charge >= 0.3 is 11.9 Å². The minimum Gasteiger partial charge on any atom is -0.507 e. The largest absolute Gasteiger partial charge is 0.507 e. The number of para-hydroxylation sites is 1. The highest BCUT2D eigenvalue weighted by Gasteiger charge is 2.11. The molecule has 0 aliphatic heterocycles. The molecule has 0 aliphatic rings. The first-order valence-electron chi connectivity index (χ1n) is 5.63. The fraction of sp³-hybridized carbons (Fsp3) is 0.143. The van der Waals surface area contributed by atoms with Gasteiger partial charge in [0.2, 0.25) is 0 Å². The van der Waals surface area contributed by atoms with Gasteiger partial charge in [-0.05, 0) is 26.0 Å². The van der Waals surface area contributed by atoms with Crippen molar-refractivity contribution in [2.24, 2.45) is 0 Å². The molecule has 1 N–H and O–H groups in total. The molecule has 20 heavy (non-hydrogen) atoms. The molecule has 1 rings (SSSR count). The molecule has 0 radical (unpaired) electrons. The third-order valence-corrected chi connectivity index (χ3v) is 2.20. The van der Waals surface area contributed by atoms with Crippen LogP contribution >= 0.6 is 0 Å². The second-order valence-corrected chi connectivity index (χ2v) is 3.98. The Morgan fingerprint density at radius 1 is 1.15 bits per heavy atom. The Labute approximate surface area is 115 Å². The summed E-state index contributed by atoms with van der Waals surface area (Å²) in [6.45, 7) is 6.19. The molecule has 0 saturated heterocycles. The highest BCUT2D eigenvalue weighted by molar-refractivity contribution is 5.93. The summed E-state index contributed by atoms with van der Waals surface area (Å²) in [5.74, 6) is -1.68. The van der Waals surface area contributed by atoms with E-state index in [1.165, 1.54) is 26.0 Å². The van der Waals surface area contributed by atoms with Crippen LogP contribution in [0.2, 0.25) is 0 Å². The Bertz CT molecular complexity index is 559. The van der Waals surface area contributed by atoms with Gasteiger partial charge in [0, 0.05) is 21.7 Å². The number of carbonyl (C=O) groups is 2. The molecular formula is C14H14O6. The molecule has 1 aromatic rings. The van der Waals surface area contributed by atoms with Crippen LogP contribution in [-0.4, -0.2) is 17.0 Å². The van der Waals surface area contributed by atoms with Crippen molar-refractivity contribution in [3.63, 3.8) is 0 Å². The Hall–Kier alpha value is -2.60. The zero-order chi connectivity index (χ0) is 15.1. The summed E-state index contributed by atoms with van der Waals surface area (Å²) < 4.78 is 0. The van der Waals surface area contributed by atoms with Gasteiger partial charge in [0.15, 0.2) is 0 Å². The van der Waals surface area contributed by atoms with E-state index in [9.17, 15) is 14.7 Å². The van der Waals surface area contributed by atoms with E-state index in [2.05, 4.69) is 21.4 Å². The smallest absolute Gasteiger partial charge is 0.373 e. The van der Waals surface area contributed by atoms with Crippen LogP contribution < -0.4 is 0 Å². The number of carbonyl (C=O) groups excluding carboxylic acids is 2. The summed E-state index contributed by atoms with van der Waals surface area (Å²) in [6.07, 6.45) is 1.40. The molecule has 0 fully saturated rings. The number of rotatable bonds is 5. The zero-order valence-electron chi connectivity index (χ0n) is 11.1. The maximum atomic E-state index is 11.5. The number of benzene rings is 1. The third-order valence-electron chi connectivity index (χ3n) is 2.20. The van der Waals surface area contributed by atoms with Crippen molar-refractivity contribution in [3.05, 3.63) is 47.6 Å². The molecule has 0 aliphatic carbocycles. The van der Waals surface area contributed by atoms with Gasteiger partial charge in [-0.2, -0.15) is 0 Å². The summed E-state index contributed by atoms with van der Waals surface area (Å²) in [5, 5.41) is 13.6. The molecule has 0 atom stereocenters. The van der Waals surface area contributed by atoms with Crippen LogP contribution in [0.3, 0.4) is 0 Å². The normalized spacial score (nSPS) is 10.8. The summed E-state index contributed by atoms with van der Waals surface area (Å²) in [5.41, 5.74) is 0.696. The van der Waals surface area contributed by atoms with Gasteiger partial charge in [-0.15, -0.1) is 0 Å². The molecule has 0 saturated carbocycles. The minimum atomic E-state index is -0.859. The van der Waals surface area contributed by atoms with Crippen LogP contribution in [0.1, 0.15) is 19.4 Å². The average molecular weight is 278 g/mol. The summed E-state index contributed by atoms with van der Waals surface area (Å²) >= 11 is 0. The fourth-order valence-electron chi connectivity index (χ4n) is 1.12. The monoisotopic (exact) mass is 278 g/mol. The predicted octanol–water partition coefficient (Wildman–Crippen LogP) is 2.30. The van der Waals surface area contributed by atoms with Gasteiger partial charge in [-0.3, -0.25) is 9.78 Å². The topological polar surface area (TPSA) is 82.1 Å². The Balaban J connectivity index is 2.57. The molecule has 0 spiro atoms. The highest BCUT2D eigenvalue weighted by Crippen LogP contribution is 2.19. The molecule has 6 heteroatoms. The number of phenols is 1. The van der Waals surface area contributed by atoms with Crippen LogP contribution in [0.4, 0.5) is 0 Å². The van der Waals surface area contributed by atoms with Crippen LogP contribution in [0.25, 0.3) is 6.08 Å². The van der Waals surface area contributed by atoms with Gasteiger partial charge < -0.3 is 5.11 Å². The summed E-state index contributed by atoms with van der Waals surface area (Å²) in [7, 11) is 0. The van der Waals surface area contributed by atoms with E-state index in [4.69, 9.17) is 0 Å². The SMILES string of the molecule is C=C(C)C(=O)OOOC(=O)/C(C)=C/c1ccccc1O. The highest BCUT2D eigenvalue weighted by atomic mass is 17.5. The lowest BCUT2D eigenvalue weighted by Crippen LogP contribution is -2.11. The van der Waals surface area contributed by atoms with Crippen LogP contribution in [0.5, 0.6) is 5.75 Å². The molecular weight excluding hydrogens is 264 g/mol. The number of hydrogen-bond acceptors (Lipinski definition) is 6. The Kier molecular flexibility index (Phi) is 5.49. The van der Waals surface area contributed by atoms with Crippen molar-refractivity contribution in [2.45, 2.75) is 13.8 Å². The molecule has 0 amide bonds. The van der Waals surface area contributed by atoms with Gasteiger partial charge in [0.1, 0.15) is 5.75 Å². The summed E-state index contributed by atoms with van der Waals surface area (Å²) in [6, 6.07) is 6.46. The van der Waals surface area contributed by atoms with Gasteiger partial charge in [0.05, 0.1) is 0 Å². The van der Waals surface area contributed by atoms with Crippen LogP contribution in [0, 0.1) is 0 Å². The Morgan fingerprint density at radius 2 is 1.75 bits per heavy atom. The van der Waals surface area contributed by atoms with E-state index in [-0.39, 0.29) is 16.9 Å². The first-order valence-corrected chi connectivity index (χ1v) is 5.63. The molecule has 0 bridgehead atoms. The van der Waals surface area contributed by atoms with Crippen molar-refractivity contribution in [3.8, 4) is 5.75 Å². The molecule has 0 unspecified atom stereocenters. The van der Waals surface area contributed by atoms with Gasteiger partial charge in [0.25, 0.3) is 0 Å². The quantitative estimate of drug-likeness (QED) is 0.505. The van der Waals surface area contributed by atoms with Crippen molar-refractivity contribution < 1.29 is 29.5 Å². The standard InChI is InChI=1S/C14H14O6/c1-9(2)13(16)18-20-19-14(17)10(3)8-11-6-4-5-7-12(11)15/h4-8,15H,1H2,2-3H3/b10-8+. The predicted molar refractivity (Wildman–Crippen MR) is 69.8 cm³/mol. The number of aromatic hydroxyl groups is 1. The van der Waals surface area contributed by atoms with Crippen molar-refractivity contribution in [1.29, 1.82) is 0 Å². The maximum absolute atomic E-state index is 11.5. The molecule has 0 heterocycles. The minimum absolute atomic E-state index is 0.0225. The fourth-order valence-corrected chi connectivity index (χ4v) is 1.12. The van der Waals surface area contributed by atoms with Crippen molar-refractivity contribution in [1.82, 2.24) is 0 Å². The second-order valence-electron chi connectivity index (χ2n) is 3.98. The lowest BCUT2D eigenvalue weighted by Gasteiger charge is -2.03. The number of hydrogen-bond donors (Lipinski definition) is 1. The maximum Gasteiger partial charge on any atom is 0.373 e. The van der Waals surface area contributed by atoms with Crippen LogP contribution in [-0.2, 0) is 24.4 Å². The average Bonchev–Trinajstić information content (AvgIpc) is 2.40. The summed E-state index contributed by atoms with van der Waals surface area (Å²) in [4.78, 5) is 30.8. The van der Waals surface area contributed by atoms with E-state index in [0.29, 0.717) is 5.56 Å². The first-order chi connectivity index (χ1) is 9.41. The number of phenolic OH excluding ortho intramolecular Hbond substituents is 1. The Morgan fingerprint density at radius 3 is 2.35 bits per heavy atom. The van der Waals surface area contributed by atoms with Crippen molar-refractivity contribution >= 4 is 18.0 Å². The molecule has 106 valence electrons.